The molecule has 0 saturated heterocycles. The van der Waals surface area contributed by atoms with Crippen LogP contribution in [0.15, 0.2) is 127 Å². The van der Waals surface area contributed by atoms with Crippen LogP contribution >= 0.6 is 0 Å². The molecule has 0 aliphatic rings. The van der Waals surface area contributed by atoms with Crippen LogP contribution < -0.4 is 0 Å². The molecule has 10 aromatic rings. The Hall–Kier alpha value is -5.41. The molecule has 0 N–H and O–H groups in total. The van der Waals surface area contributed by atoms with Gasteiger partial charge in [0.25, 0.3) is 0 Å². The minimum absolute atomic E-state index is 0.964. The molecule has 0 saturated carbocycles. The lowest BCUT2D eigenvalue weighted by Gasteiger charge is -2.08. The molecule has 3 nitrogen and oxygen atoms in total. The third-order valence-corrected chi connectivity index (χ3v) is 8.75. The van der Waals surface area contributed by atoms with E-state index in [-0.39, 0.29) is 0 Å². The van der Waals surface area contributed by atoms with Crippen LogP contribution in [0.25, 0.3) is 87.6 Å². The van der Waals surface area contributed by atoms with E-state index in [2.05, 4.69) is 136 Å². The number of fused-ring (bicyclic) bond motifs is 11. The SMILES string of the molecule is c1ccc2cc3c(cc2c1)nc1n3c2cc(-c3cccc4ccccc34)cc3c4cc5ccccc5cc4n1c32. The van der Waals surface area contributed by atoms with Crippen molar-refractivity contribution < 1.29 is 0 Å². The minimum atomic E-state index is 0.964. The Morgan fingerprint density at radius 1 is 0.425 bits per heavy atom. The molecule has 40 heavy (non-hydrogen) atoms. The Labute approximate surface area is 228 Å². The van der Waals surface area contributed by atoms with Gasteiger partial charge in [-0.3, -0.25) is 8.80 Å². The average Bonchev–Trinajstić information content (AvgIpc) is 3.63. The molecule has 0 aliphatic carbocycles. The Bertz CT molecular complexity index is 2650. The number of hydrogen-bond acceptors (Lipinski definition) is 1. The van der Waals surface area contributed by atoms with Gasteiger partial charge in [-0.15, -0.1) is 0 Å². The lowest BCUT2D eigenvalue weighted by molar-refractivity contribution is 1.22. The van der Waals surface area contributed by atoms with Crippen LogP contribution in [0.2, 0.25) is 0 Å². The molecule has 3 heteroatoms. The van der Waals surface area contributed by atoms with E-state index in [1.165, 1.54) is 70.8 Å². The van der Waals surface area contributed by atoms with Gasteiger partial charge >= 0.3 is 0 Å². The van der Waals surface area contributed by atoms with Crippen LogP contribution in [0.3, 0.4) is 0 Å². The first-order valence-electron chi connectivity index (χ1n) is 13.7. The Kier molecular flexibility index (Phi) is 3.68. The molecule has 10 rings (SSSR count). The molecule has 7 aromatic carbocycles. The smallest absolute Gasteiger partial charge is 0.220 e. The molecule has 3 aromatic heterocycles. The summed E-state index contributed by atoms with van der Waals surface area (Å²) < 4.78 is 4.75. The lowest BCUT2D eigenvalue weighted by Crippen LogP contribution is -1.86. The maximum absolute atomic E-state index is 5.26. The topological polar surface area (TPSA) is 21.7 Å². The number of rotatable bonds is 1. The first kappa shape index (κ1) is 20.5. The van der Waals surface area contributed by atoms with Crippen molar-refractivity contribution in [2.24, 2.45) is 0 Å². The molecule has 0 bridgehead atoms. The Morgan fingerprint density at radius 3 is 1.88 bits per heavy atom. The maximum atomic E-state index is 5.26. The molecule has 184 valence electrons. The van der Waals surface area contributed by atoms with Crippen molar-refractivity contribution in [3.63, 3.8) is 0 Å². The van der Waals surface area contributed by atoms with Crippen LogP contribution in [-0.4, -0.2) is 13.8 Å². The van der Waals surface area contributed by atoms with Crippen LogP contribution in [-0.2, 0) is 0 Å². The number of aromatic nitrogens is 3. The molecule has 0 aliphatic heterocycles. The summed E-state index contributed by atoms with van der Waals surface area (Å²) in [5.74, 6) is 0.964. The van der Waals surface area contributed by atoms with Gasteiger partial charge in [0.2, 0.25) is 5.78 Å². The minimum Gasteiger partial charge on any atom is -0.277 e. The number of hydrogen-bond donors (Lipinski definition) is 0. The summed E-state index contributed by atoms with van der Waals surface area (Å²) in [5, 5.41) is 9.99. The summed E-state index contributed by atoms with van der Waals surface area (Å²) in [6.07, 6.45) is 0. The zero-order chi connectivity index (χ0) is 25.9. The standard InChI is InChI=1S/C37H21N3/c1-3-11-25-19-33-30(16-23(25)9-1)31-17-27(29-15-7-13-22-8-5-6-14-28(22)29)21-35-36(31)40(33)37-38-32-18-24-10-2-4-12-26(24)20-34(32)39(35)37/h1-21H. The molecule has 0 atom stereocenters. The van der Waals surface area contributed by atoms with Crippen molar-refractivity contribution in [3.8, 4) is 11.1 Å². The van der Waals surface area contributed by atoms with E-state index in [0.29, 0.717) is 0 Å². The van der Waals surface area contributed by atoms with Crippen molar-refractivity contribution in [3.05, 3.63) is 127 Å². The summed E-state index contributed by atoms with van der Waals surface area (Å²) in [5.41, 5.74) is 8.25. The van der Waals surface area contributed by atoms with Crippen molar-refractivity contribution >= 4 is 76.5 Å². The predicted molar refractivity (Wildman–Crippen MR) is 168 cm³/mol. The second-order valence-electron chi connectivity index (χ2n) is 10.9. The highest BCUT2D eigenvalue weighted by atomic mass is 15.2. The van der Waals surface area contributed by atoms with E-state index in [1.807, 2.05) is 0 Å². The molecular formula is C37H21N3. The molecule has 0 radical (unpaired) electrons. The van der Waals surface area contributed by atoms with Gasteiger partial charge in [0.05, 0.1) is 27.6 Å². The molecule has 0 spiro atoms. The van der Waals surface area contributed by atoms with Gasteiger partial charge in [-0.25, -0.2) is 4.98 Å². The van der Waals surface area contributed by atoms with Crippen LogP contribution in [0.1, 0.15) is 0 Å². The first-order chi connectivity index (χ1) is 19.8. The maximum Gasteiger partial charge on any atom is 0.220 e. The monoisotopic (exact) mass is 507 g/mol. The van der Waals surface area contributed by atoms with E-state index in [0.717, 1.165) is 16.8 Å². The summed E-state index contributed by atoms with van der Waals surface area (Å²) in [7, 11) is 0. The van der Waals surface area contributed by atoms with E-state index in [9.17, 15) is 0 Å². The highest BCUT2D eigenvalue weighted by Crippen LogP contribution is 2.42. The van der Waals surface area contributed by atoms with Gasteiger partial charge in [0.1, 0.15) is 0 Å². The second-order valence-corrected chi connectivity index (χ2v) is 10.9. The summed E-state index contributed by atoms with van der Waals surface area (Å²) >= 11 is 0. The lowest BCUT2D eigenvalue weighted by atomic mass is 9.96. The van der Waals surface area contributed by atoms with Gasteiger partial charge in [-0.2, -0.15) is 0 Å². The summed E-state index contributed by atoms with van der Waals surface area (Å²) in [4.78, 5) is 5.26. The van der Waals surface area contributed by atoms with Crippen LogP contribution in [0.5, 0.6) is 0 Å². The third kappa shape index (κ3) is 2.52. The fourth-order valence-corrected chi connectivity index (χ4v) is 6.96. The first-order valence-corrected chi connectivity index (χ1v) is 13.7. The fourth-order valence-electron chi connectivity index (χ4n) is 6.96. The van der Waals surface area contributed by atoms with Crippen LogP contribution in [0, 0.1) is 0 Å². The zero-order valence-electron chi connectivity index (χ0n) is 21.5. The second kappa shape index (κ2) is 7.16. The van der Waals surface area contributed by atoms with Crippen molar-refractivity contribution in [1.29, 1.82) is 0 Å². The van der Waals surface area contributed by atoms with Crippen molar-refractivity contribution in [1.82, 2.24) is 13.8 Å². The fraction of sp³-hybridized carbons (Fsp3) is 0. The highest BCUT2D eigenvalue weighted by molar-refractivity contribution is 6.20. The van der Waals surface area contributed by atoms with Gasteiger partial charge < -0.3 is 0 Å². The highest BCUT2D eigenvalue weighted by Gasteiger charge is 2.23. The van der Waals surface area contributed by atoms with Gasteiger partial charge in [-0.05, 0) is 79.8 Å². The third-order valence-electron chi connectivity index (χ3n) is 8.75. The predicted octanol–water partition coefficient (Wildman–Crippen LogP) is 9.61. The Morgan fingerprint density at radius 2 is 1.07 bits per heavy atom. The molecule has 0 unspecified atom stereocenters. The van der Waals surface area contributed by atoms with E-state index in [4.69, 9.17) is 4.98 Å². The molecule has 0 amide bonds. The largest absolute Gasteiger partial charge is 0.277 e. The number of imidazole rings is 2. The summed E-state index contributed by atoms with van der Waals surface area (Å²) in [6.45, 7) is 0. The van der Waals surface area contributed by atoms with Gasteiger partial charge in [0, 0.05) is 10.8 Å². The average molecular weight is 508 g/mol. The van der Waals surface area contributed by atoms with Gasteiger partial charge in [-0.1, -0.05) is 91.0 Å². The zero-order valence-corrected chi connectivity index (χ0v) is 21.5. The number of benzene rings is 7. The number of nitrogens with zero attached hydrogens (tertiary/aromatic N) is 3. The van der Waals surface area contributed by atoms with Crippen molar-refractivity contribution in [2.45, 2.75) is 0 Å². The van der Waals surface area contributed by atoms with Crippen LogP contribution in [0.4, 0.5) is 0 Å². The Balaban J connectivity index is 1.46. The van der Waals surface area contributed by atoms with E-state index in [1.54, 1.807) is 0 Å². The normalized spacial score (nSPS) is 12.5. The van der Waals surface area contributed by atoms with Gasteiger partial charge in [0.15, 0.2) is 0 Å². The van der Waals surface area contributed by atoms with Crippen molar-refractivity contribution in [2.75, 3.05) is 0 Å². The quantitative estimate of drug-likeness (QED) is 0.217. The molecular weight excluding hydrogens is 486 g/mol. The van der Waals surface area contributed by atoms with E-state index >= 15 is 0 Å². The van der Waals surface area contributed by atoms with E-state index < -0.39 is 0 Å². The molecule has 0 fully saturated rings. The summed E-state index contributed by atoms with van der Waals surface area (Å²) in [6, 6.07) is 46.5. The molecule has 3 heterocycles.